The van der Waals surface area contributed by atoms with Gasteiger partial charge in [-0.15, -0.1) is 0 Å². The van der Waals surface area contributed by atoms with Gasteiger partial charge in [0.15, 0.2) is 5.96 Å². The summed E-state index contributed by atoms with van der Waals surface area (Å²) in [5, 5.41) is 6.67. The maximum absolute atomic E-state index is 11.4. The number of rotatable bonds is 5. The van der Waals surface area contributed by atoms with Gasteiger partial charge in [0.05, 0.1) is 13.0 Å². The number of ether oxygens (including phenoxy) is 1. The molecule has 0 heterocycles. The summed E-state index contributed by atoms with van der Waals surface area (Å²) in [4.78, 5) is 15.6. The number of nitrogens with one attached hydrogen (secondary N) is 2. The average Bonchev–Trinajstić information content (AvgIpc) is 2.50. The van der Waals surface area contributed by atoms with E-state index in [1.165, 1.54) is 32.8 Å². The first-order chi connectivity index (χ1) is 9.97. The minimum absolute atomic E-state index is 0.176. The van der Waals surface area contributed by atoms with Gasteiger partial charge in [-0.1, -0.05) is 20.8 Å². The largest absolute Gasteiger partial charge is 0.469 e. The minimum Gasteiger partial charge on any atom is -0.469 e. The number of nitrogens with zero attached hydrogens (tertiary/aromatic N) is 1. The first-order valence-electron chi connectivity index (χ1n) is 8.02. The number of carbonyl (C=O) groups excluding carboxylic acids is 1. The Hall–Kier alpha value is -1.26. The summed E-state index contributed by atoms with van der Waals surface area (Å²) in [5.74, 6) is 2.04. The third kappa shape index (κ3) is 5.94. The second-order valence-corrected chi connectivity index (χ2v) is 6.38. The van der Waals surface area contributed by atoms with Crippen molar-refractivity contribution in [3.05, 3.63) is 0 Å². The van der Waals surface area contributed by atoms with E-state index >= 15 is 0 Å². The van der Waals surface area contributed by atoms with Crippen LogP contribution >= 0.6 is 0 Å². The van der Waals surface area contributed by atoms with E-state index in [9.17, 15) is 4.79 Å². The van der Waals surface area contributed by atoms with E-state index < -0.39 is 0 Å². The molecule has 5 nitrogen and oxygen atoms in total. The quantitative estimate of drug-likeness (QED) is 0.464. The molecule has 0 aromatic heterocycles. The van der Waals surface area contributed by atoms with Crippen molar-refractivity contribution in [1.82, 2.24) is 10.6 Å². The molecule has 1 rings (SSSR count). The fourth-order valence-electron chi connectivity index (χ4n) is 2.85. The lowest BCUT2D eigenvalue weighted by molar-refractivity contribution is -0.144. The van der Waals surface area contributed by atoms with Gasteiger partial charge >= 0.3 is 5.97 Å². The van der Waals surface area contributed by atoms with Crippen LogP contribution in [0.2, 0.25) is 0 Å². The molecule has 0 saturated heterocycles. The van der Waals surface area contributed by atoms with Gasteiger partial charge in [0.25, 0.3) is 0 Å². The lowest BCUT2D eigenvalue weighted by Crippen LogP contribution is -2.46. The zero-order valence-corrected chi connectivity index (χ0v) is 14.1. The van der Waals surface area contributed by atoms with Crippen molar-refractivity contribution in [2.75, 3.05) is 20.7 Å². The smallest absolute Gasteiger partial charge is 0.310 e. The summed E-state index contributed by atoms with van der Waals surface area (Å²) in [5.41, 5.74) is 0. The van der Waals surface area contributed by atoms with Gasteiger partial charge < -0.3 is 15.4 Å². The molecule has 1 atom stereocenters. The highest BCUT2D eigenvalue weighted by Crippen LogP contribution is 2.29. The Morgan fingerprint density at radius 2 is 1.86 bits per heavy atom. The van der Waals surface area contributed by atoms with E-state index in [0.29, 0.717) is 12.6 Å². The SMILES string of the molecule is CN=C(NCC(C)C(=O)OC)NC1CCC(C(C)C)CC1. The van der Waals surface area contributed by atoms with Crippen LogP contribution in [0.15, 0.2) is 4.99 Å². The summed E-state index contributed by atoms with van der Waals surface area (Å²) in [6.07, 6.45) is 4.95. The Kier molecular flexibility index (Phi) is 7.54. The summed E-state index contributed by atoms with van der Waals surface area (Å²) in [6, 6.07) is 0.486. The maximum Gasteiger partial charge on any atom is 0.310 e. The highest BCUT2D eigenvalue weighted by Gasteiger charge is 2.24. The van der Waals surface area contributed by atoms with Crippen LogP contribution in [-0.4, -0.2) is 38.7 Å². The van der Waals surface area contributed by atoms with Crippen LogP contribution < -0.4 is 10.6 Å². The number of aliphatic imine (C=N–C) groups is 1. The molecule has 122 valence electrons. The molecule has 0 aliphatic heterocycles. The molecule has 2 N–H and O–H groups in total. The van der Waals surface area contributed by atoms with Crippen molar-refractivity contribution < 1.29 is 9.53 Å². The zero-order valence-electron chi connectivity index (χ0n) is 14.1. The summed E-state index contributed by atoms with van der Waals surface area (Å²) >= 11 is 0. The molecular formula is C16H31N3O2. The molecule has 0 bridgehead atoms. The van der Waals surface area contributed by atoms with Gasteiger partial charge in [-0.2, -0.15) is 0 Å². The summed E-state index contributed by atoms with van der Waals surface area (Å²) in [7, 11) is 3.18. The number of hydrogen-bond donors (Lipinski definition) is 2. The highest BCUT2D eigenvalue weighted by molar-refractivity contribution is 5.81. The second-order valence-electron chi connectivity index (χ2n) is 6.38. The fourth-order valence-corrected chi connectivity index (χ4v) is 2.85. The monoisotopic (exact) mass is 297 g/mol. The predicted molar refractivity (Wildman–Crippen MR) is 86.3 cm³/mol. The van der Waals surface area contributed by atoms with Crippen molar-refractivity contribution >= 4 is 11.9 Å². The Morgan fingerprint density at radius 3 is 2.33 bits per heavy atom. The van der Waals surface area contributed by atoms with Crippen molar-refractivity contribution in [1.29, 1.82) is 0 Å². The molecule has 0 amide bonds. The normalized spacial score (nSPS) is 24.6. The fraction of sp³-hybridized carbons (Fsp3) is 0.875. The van der Waals surface area contributed by atoms with E-state index in [4.69, 9.17) is 4.74 Å². The lowest BCUT2D eigenvalue weighted by Gasteiger charge is -2.32. The number of esters is 1. The third-order valence-electron chi connectivity index (χ3n) is 4.46. The summed E-state index contributed by atoms with van der Waals surface area (Å²) < 4.78 is 4.72. The van der Waals surface area contributed by atoms with Crippen molar-refractivity contribution in [2.24, 2.45) is 22.7 Å². The van der Waals surface area contributed by atoms with Crippen molar-refractivity contribution in [3.8, 4) is 0 Å². The van der Waals surface area contributed by atoms with Crippen LogP contribution in [-0.2, 0) is 9.53 Å². The van der Waals surface area contributed by atoms with E-state index in [1.54, 1.807) is 7.05 Å². The Labute approximate surface area is 128 Å². The first-order valence-corrected chi connectivity index (χ1v) is 8.02. The minimum atomic E-state index is -0.199. The molecule has 0 radical (unpaired) electrons. The van der Waals surface area contributed by atoms with Gasteiger partial charge in [-0.3, -0.25) is 9.79 Å². The molecule has 5 heteroatoms. The van der Waals surface area contributed by atoms with E-state index in [1.807, 2.05) is 6.92 Å². The third-order valence-corrected chi connectivity index (χ3v) is 4.46. The van der Waals surface area contributed by atoms with Crippen LogP contribution in [0.3, 0.4) is 0 Å². The lowest BCUT2D eigenvalue weighted by atomic mass is 9.80. The molecule has 0 aromatic carbocycles. The number of carbonyl (C=O) groups is 1. The Balaban J connectivity index is 2.34. The molecule has 1 aliphatic carbocycles. The number of methoxy groups -OCH3 is 1. The van der Waals surface area contributed by atoms with E-state index in [-0.39, 0.29) is 11.9 Å². The van der Waals surface area contributed by atoms with Gasteiger partial charge in [-0.25, -0.2) is 0 Å². The van der Waals surface area contributed by atoms with Crippen LogP contribution in [0, 0.1) is 17.8 Å². The Morgan fingerprint density at radius 1 is 1.24 bits per heavy atom. The topological polar surface area (TPSA) is 62.7 Å². The molecule has 1 unspecified atom stereocenters. The standard InChI is InChI=1S/C16H31N3O2/c1-11(2)13-6-8-14(9-7-13)19-16(17-4)18-10-12(3)15(20)21-5/h11-14H,6-10H2,1-5H3,(H2,17,18,19). The van der Waals surface area contributed by atoms with Crippen LogP contribution in [0.5, 0.6) is 0 Å². The maximum atomic E-state index is 11.4. The molecule has 0 spiro atoms. The Bertz CT molecular complexity index is 347. The van der Waals surface area contributed by atoms with Crippen LogP contribution in [0.1, 0.15) is 46.5 Å². The number of hydrogen-bond acceptors (Lipinski definition) is 3. The average molecular weight is 297 g/mol. The molecule has 1 aliphatic rings. The van der Waals surface area contributed by atoms with E-state index in [0.717, 1.165) is 17.8 Å². The second kappa shape index (κ2) is 8.90. The molecule has 0 aromatic rings. The van der Waals surface area contributed by atoms with E-state index in [2.05, 4.69) is 29.5 Å². The first kappa shape index (κ1) is 17.8. The van der Waals surface area contributed by atoms with Gasteiger partial charge in [-0.05, 0) is 37.5 Å². The van der Waals surface area contributed by atoms with Gasteiger partial charge in [0, 0.05) is 19.6 Å². The van der Waals surface area contributed by atoms with Gasteiger partial charge in [0.1, 0.15) is 0 Å². The molecule has 21 heavy (non-hydrogen) atoms. The molecular weight excluding hydrogens is 266 g/mol. The van der Waals surface area contributed by atoms with Gasteiger partial charge in [0.2, 0.25) is 0 Å². The van der Waals surface area contributed by atoms with Crippen LogP contribution in [0.4, 0.5) is 0 Å². The highest BCUT2D eigenvalue weighted by atomic mass is 16.5. The number of guanidine groups is 1. The zero-order chi connectivity index (χ0) is 15.8. The van der Waals surface area contributed by atoms with Crippen molar-refractivity contribution in [3.63, 3.8) is 0 Å². The molecule has 1 fully saturated rings. The summed E-state index contributed by atoms with van der Waals surface area (Å²) in [6.45, 7) is 7.01. The van der Waals surface area contributed by atoms with Crippen molar-refractivity contribution in [2.45, 2.75) is 52.5 Å². The molecule has 1 saturated carbocycles. The van der Waals surface area contributed by atoms with Crippen LogP contribution in [0.25, 0.3) is 0 Å². The predicted octanol–water partition coefficient (Wildman–Crippen LogP) is 2.18.